The number of esters is 1. The maximum atomic E-state index is 13.7. The van der Waals surface area contributed by atoms with Gasteiger partial charge in [-0.2, -0.15) is 0 Å². The Labute approximate surface area is 271 Å². The molecule has 4 aliphatic rings. The van der Waals surface area contributed by atoms with Gasteiger partial charge in [0.15, 0.2) is 18.4 Å². The third kappa shape index (κ3) is 5.63. The highest BCUT2D eigenvalue weighted by molar-refractivity contribution is 6.30. The van der Waals surface area contributed by atoms with Gasteiger partial charge in [0, 0.05) is 36.0 Å². The third-order valence-electron chi connectivity index (χ3n) is 9.99. The molecule has 2 fully saturated rings. The van der Waals surface area contributed by atoms with E-state index in [1.54, 1.807) is 20.8 Å². The van der Waals surface area contributed by atoms with Crippen LogP contribution in [0.5, 0.6) is 11.5 Å². The summed E-state index contributed by atoms with van der Waals surface area (Å²) >= 11 is 0. The van der Waals surface area contributed by atoms with Crippen LogP contribution >= 0.6 is 0 Å². The highest BCUT2D eigenvalue weighted by Gasteiger charge is 2.53. The Kier molecular flexibility index (Phi) is 8.94. The number of aliphatic hydroxyl groups is 3. The quantitative estimate of drug-likeness (QED) is 0.243. The molecule has 6 rings (SSSR count). The fraction of sp³-hybridized carbons (Fsp3) is 0.559. The summed E-state index contributed by atoms with van der Waals surface area (Å²) in [7, 11) is 1.16. The number of hydrogen-bond donors (Lipinski definition) is 5. The number of fused-ring (bicyclic) bond motifs is 3. The predicted octanol–water partition coefficient (Wildman–Crippen LogP) is 2.50. The van der Waals surface area contributed by atoms with E-state index in [1.807, 2.05) is 0 Å². The summed E-state index contributed by atoms with van der Waals surface area (Å²) in [4.78, 5) is 40.5. The zero-order valence-electron chi connectivity index (χ0n) is 26.5. The third-order valence-corrected chi connectivity index (χ3v) is 9.99. The van der Waals surface area contributed by atoms with Crippen molar-refractivity contribution in [2.75, 3.05) is 7.11 Å². The van der Waals surface area contributed by atoms with Crippen LogP contribution in [-0.2, 0) is 28.5 Å². The van der Waals surface area contributed by atoms with Gasteiger partial charge < -0.3 is 49.2 Å². The molecule has 254 valence electrons. The van der Waals surface area contributed by atoms with Crippen molar-refractivity contribution in [2.24, 2.45) is 0 Å². The minimum absolute atomic E-state index is 0.00966. The van der Waals surface area contributed by atoms with Crippen molar-refractivity contribution in [1.29, 1.82) is 0 Å². The first-order valence-electron chi connectivity index (χ1n) is 15.9. The number of aromatic hydroxyl groups is 2. The van der Waals surface area contributed by atoms with Crippen molar-refractivity contribution in [3.05, 3.63) is 57.6 Å². The van der Waals surface area contributed by atoms with Crippen molar-refractivity contribution in [3.63, 3.8) is 0 Å². The van der Waals surface area contributed by atoms with E-state index in [0.717, 1.165) is 7.11 Å². The van der Waals surface area contributed by atoms with Crippen LogP contribution < -0.4 is 0 Å². The van der Waals surface area contributed by atoms with Gasteiger partial charge in [0.05, 0.1) is 54.4 Å². The van der Waals surface area contributed by atoms with Crippen LogP contribution in [-0.4, -0.2) is 98.9 Å². The van der Waals surface area contributed by atoms with E-state index in [-0.39, 0.29) is 52.6 Å². The van der Waals surface area contributed by atoms with E-state index in [1.165, 1.54) is 24.3 Å². The largest absolute Gasteiger partial charge is 0.507 e. The first kappa shape index (κ1) is 33.5. The van der Waals surface area contributed by atoms with Crippen molar-refractivity contribution in [3.8, 4) is 11.5 Å². The van der Waals surface area contributed by atoms with Gasteiger partial charge in [-0.3, -0.25) is 14.4 Å². The fourth-order valence-electron chi connectivity index (χ4n) is 7.39. The Bertz CT molecular complexity index is 1580. The van der Waals surface area contributed by atoms with Crippen LogP contribution in [0.2, 0.25) is 0 Å². The topological polar surface area (TPSA) is 199 Å². The monoisotopic (exact) mass is 656 g/mol. The van der Waals surface area contributed by atoms with E-state index in [2.05, 4.69) is 0 Å². The average molecular weight is 657 g/mol. The number of benzene rings is 2. The molecule has 2 aromatic rings. The Morgan fingerprint density at radius 2 is 1.68 bits per heavy atom. The summed E-state index contributed by atoms with van der Waals surface area (Å²) in [5.74, 6) is -4.65. The molecule has 0 aromatic heterocycles. The summed E-state index contributed by atoms with van der Waals surface area (Å²) in [5, 5.41) is 55.2. The highest BCUT2D eigenvalue weighted by Crippen LogP contribution is 2.54. The summed E-state index contributed by atoms with van der Waals surface area (Å²) in [5.41, 5.74) is -2.59. The SMILES string of the molecule is CC[C@@]1(O)CC(OC2CC(O)C(OC3CCC(O)C(C)O3)C(C)O2)c2c(cc3c(c2O)C(=O)c2c(O)cccc2C3=O)C1C(=O)OC. The van der Waals surface area contributed by atoms with Gasteiger partial charge >= 0.3 is 5.97 Å². The van der Waals surface area contributed by atoms with Crippen LogP contribution in [0, 0.1) is 0 Å². The number of phenols is 2. The molecule has 13 nitrogen and oxygen atoms in total. The lowest BCUT2D eigenvalue weighted by molar-refractivity contribution is -0.310. The van der Waals surface area contributed by atoms with E-state index >= 15 is 0 Å². The molecule has 9 unspecified atom stereocenters. The molecule has 13 heteroatoms. The number of aliphatic hydroxyl groups excluding tert-OH is 2. The van der Waals surface area contributed by atoms with E-state index in [9.17, 15) is 39.9 Å². The molecule has 47 heavy (non-hydrogen) atoms. The molecular weight excluding hydrogens is 616 g/mol. The predicted molar refractivity (Wildman–Crippen MR) is 161 cm³/mol. The second kappa shape index (κ2) is 12.5. The minimum Gasteiger partial charge on any atom is -0.507 e. The van der Waals surface area contributed by atoms with Crippen molar-refractivity contribution < 1.29 is 63.6 Å². The zero-order valence-corrected chi connectivity index (χ0v) is 26.5. The van der Waals surface area contributed by atoms with Crippen molar-refractivity contribution in [2.45, 2.75) is 114 Å². The lowest BCUT2D eigenvalue weighted by atomic mass is 9.67. The summed E-state index contributed by atoms with van der Waals surface area (Å²) in [6, 6.07) is 5.37. The molecule has 5 N–H and O–H groups in total. The van der Waals surface area contributed by atoms with Crippen LogP contribution in [0.15, 0.2) is 24.3 Å². The Balaban J connectivity index is 1.35. The second-order valence-electron chi connectivity index (χ2n) is 12.8. The van der Waals surface area contributed by atoms with Crippen molar-refractivity contribution in [1.82, 2.24) is 0 Å². The fourth-order valence-corrected chi connectivity index (χ4v) is 7.39. The van der Waals surface area contributed by atoms with Gasteiger partial charge in [0.2, 0.25) is 5.78 Å². The number of hydrogen-bond acceptors (Lipinski definition) is 13. The molecule has 2 heterocycles. The lowest BCUT2D eigenvalue weighted by Gasteiger charge is -2.46. The molecule has 0 amide bonds. The Morgan fingerprint density at radius 1 is 0.957 bits per heavy atom. The number of ether oxygens (including phenoxy) is 5. The Morgan fingerprint density at radius 3 is 2.34 bits per heavy atom. The van der Waals surface area contributed by atoms with Crippen LogP contribution in [0.1, 0.15) is 108 Å². The van der Waals surface area contributed by atoms with Crippen LogP contribution in [0.3, 0.4) is 0 Å². The molecule has 10 atom stereocenters. The molecule has 2 aliphatic carbocycles. The van der Waals surface area contributed by atoms with Gasteiger partial charge in [-0.25, -0.2) is 0 Å². The first-order valence-corrected chi connectivity index (χ1v) is 15.9. The average Bonchev–Trinajstić information content (AvgIpc) is 3.02. The minimum atomic E-state index is -1.76. The van der Waals surface area contributed by atoms with Gasteiger partial charge in [0.25, 0.3) is 0 Å². The summed E-state index contributed by atoms with van der Waals surface area (Å²) in [6.45, 7) is 5.10. The van der Waals surface area contributed by atoms with Crippen LogP contribution in [0.25, 0.3) is 0 Å². The first-order chi connectivity index (χ1) is 22.3. The number of methoxy groups -OCH3 is 1. The maximum Gasteiger partial charge on any atom is 0.316 e. The molecule has 0 spiro atoms. The Hall–Kier alpha value is -3.43. The van der Waals surface area contributed by atoms with Gasteiger partial charge in [-0.1, -0.05) is 19.1 Å². The molecule has 2 saturated heterocycles. The van der Waals surface area contributed by atoms with Crippen LogP contribution in [0.4, 0.5) is 0 Å². The summed E-state index contributed by atoms with van der Waals surface area (Å²) in [6.07, 6.45) is -5.79. The van der Waals surface area contributed by atoms with E-state index < -0.39 is 89.8 Å². The molecule has 2 aliphatic heterocycles. The standard InChI is InChI=1S/C34H40O13/c1-5-34(42)13-22(46-24-12-21(37)32(15(3)45-24)47-23-10-9-19(35)14(2)44-23)26-17(28(34)33(41)43-4)11-18-27(31(26)40)30(39)25-16(29(18)38)7-6-8-20(25)36/h6-8,11,14-15,19,21-24,28,32,35-37,40,42H,5,9-10,12-13H2,1-4H3/t14?,15?,19?,21?,22?,23?,24?,28?,32?,34-/m1/s1. The number of carbonyl (C=O) groups excluding carboxylic acids is 3. The highest BCUT2D eigenvalue weighted by atomic mass is 16.7. The number of carbonyl (C=O) groups is 3. The summed E-state index contributed by atoms with van der Waals surface area (Å²) < 4.78 is 29.2. The van der Waals surface area contributed by atoms with E-state index in [4.69, 9.17) is 23.7 Å². The molecule has 0 saturated carbocycles. The van der Waals surface area contributed by atoms with Crippen molar-refractivity contribution >= 4 is 17.5 Å². The smallest absolute Gasteiger partial charge is 0.316 e. The van der Waals surface area contributed by atoms with Gasteiger partial charge in [-0.15, -0.1) is 0 Å². The van der Waals surface area contributed by atoms with Gasteiger partial charge in [-0.05, 0) is 44.4 Å². The number of phenolic OH excluding ortho intramolecular Hbond substituents is 2. The molecule has 0 bridgehead atoms. The normalized spacial score (nSPS) is 35.1. The maximum absolute atomic E-state index is 13.7. The lowest BCUT2D eigenvalue weighted by Crippen LogP contribution is -2.52. The molecule has 2 aromatic carbocycles. The second-order valence-corrected chi connectivity index (χ2v) is 12.8. The van der Waals surface area contributed by atoms with E-state index in [0.29, 0.717) is 12.8 Å². The molecular formula is C34H40O13. The van der Waals surface area contributed by atoms with Gasteiger partial charge in [0.1, 0.15) is 23.5 Å². The number of rotatable bonds is 6. The molecule has 0 radical (unpaired) electrons. The number of ketones is 2. The zero-order chi connectivity index (χ0) is 33.9.